The predicted molar refractivity (Wildman–Crippen MR) is 109 cm³/mol. The standard InChI is InChI=1S/C22H24ClF3N2O2/c1-3-14(2)27-21(29)28-12-17(13-28)30-20(15-8-10-16(23)11-9-15)18-6-4-5-7-19(18)22(24,25)26/h4-11,14,17,20H,3,12-13H2,1-2H3,(H,27,29). The quantitative estimate of drug-likeness (QED) is 0.630. The third-order valence-corrected chi connectivity index (χ3v) is 5.42. The molecular weight excluding hydrogens is 417 g/mol. The lowest BCUT2D eigenvalue weighted by molar-refractivity contribution is -0.140. The number of hydrogen-bond acceptors (Lipinski definition) is 2. The van der Waals surface area contributed by atoms with Crippen molar-refractivity contribution >= 4 is 17.6 Å². The number of rotatable bonds is 6. The van der Waals surface area contributed by atoms with Crippen molar-refractivity contribution in [3.63, 3.8) is 0 Å². The Hall–Kier alpha value is -2.25. The van der Waals surface area contributed by atoms with E-state index >= 15 is 0 Å². The molecule has 2 aromatic rings. The molecule has 8 heteroatoms. The van der Waals surface area contributed by atoms with Crippen LogP contribution in [0.5, 0.6) is 0 Å². The number of amides is 2. The van der Waals surface area contributed by atoms with Crippen molar-refractivity contribution in [1.82, 2.24) is 10.2 Å². The van der Waals surface area contributed by atoms with E-state index in [-0.39, 0.29) is 23.7 Å². The molecule has 30 heavy (non-hydrogen) atoms. The van der Waals surface area contributed by atoms with Crippen molar-refractivity contribution in [2.45, 2.75) is 44.7 Å². The van der Waals surface area contributed by atoms with Crippen LogP contribution in [0.1, 0.15) is 43.1 Å². The van der Waals surface area contributed by atoms with Gasteiger partial charge in [-0.05, 0) is 42.7 Å². The Labute approximate surface area is 179 Å². The maximum atomic E-state index is 13.6. The fourth-order valence-electron chi connectivity index (χ4n) is 3.24. The van der Waals surface area contributed by atoms with Gasteiger partial charge >= 0.3 is 12.2 Å². The van der Waals surface area contributed by atoms with Crippen LogP contribution in [0.15, 0.2) is 48.5 Å². The van der Waals surface area contributed by atoms with Crippen molar-refractivity contribution in [3.05, 3.63) is 70.2 Å². The number of nitrogens with one attached hydrogen (secondary N) is 1. The van der Waals surface area contributed by atoms with Crippen LogP contribution in [-0.2, 0) is 10.9 Å². The van der Waals surface area contributed by atoms with Crippen LogP contribution >= 0.6 is 11.6 Å². The highest BCUT2D eigenvalue weighted by Gasteiger charge is 2.38. The molecular formula is C22H24ClF3N2O2. The van der Waals surface area contributed by atoms with Gasteiger partial charge in [0.2, 0.25) is 0 Å². The summed E-state index contributed by atoms with van der Waals surface area (Å²) >= 11 is 5.95. The number of carbonyl (C=O) groups is 1. The molecule has 1 aliphatic rings. The molecule has 0 saturated carbocycles. The summed E-state index contributed by atoms with van der Waals surface area (Å²) in [5.41, 5.74) is -0.135. The van der Waals surface area contributed by atoms with Crippen LogP contribution < -0.4 is 5.32 Å². The summed E-state index contributed by atoms with van der Waals surface area (Å²) in [6, 6.07) is 11.8. The van der Waals surface area contributed by atoms with Crippen LogP contribution in [0.25, 0.3) is 0 Å². The van der Waals surface area contributed by atoms with Gasteiger partial charge in [-0.25, -0.2) is 4.79 Å². The van der Waals surface area contributed by atoms with Crippen LogP contribution in [0.3, 0.4) is 0 Å². The molecule has 1 N–H and O–H groups in total. The monoisotopic (exact) mass is 440 g/mol. The van der Waals surface area contributed by atoms with E-state index < -0.39 is 17.8 Å². The number of nitrogens with zero attached hydrogens (tertiary/aromatic N) is 1. The third-order valence-electron chi connectivity index (χ3n) is 5.17. The molecule has 162 valence electrons. The van der Waals surface area contributed by atoms with Crippen molar-refractivity contribution < 1.29 is 22.7 Å². The molecule has 2 atom stereocenters. The molecule has 4 nitrogen and oxygen atoms in total. The predicted octanol–water partition coefficient (Wildman–Crippen LogP) is 5.66. The summed E-state index contributed by atoms with van der Waals surface area (Å²) in [5, 5.41) is 3.36. The van der Waals surface area contributed by atoms with Crippen molar-refractivity contribution in [2.24, 2.45) is 0 Å². The summed E-state index contributed by atoms with van der Waals surface area (Å²) in [5.74, 6) is 0. The molecule has 0 aromatic heterocycles. The summed E-state index contributed by atoms with van der Waals surface area (Å²) in [7, 11) is 0. The van der Waals surface area contributed by atoms with Gasteiger partial charge in [-0.3, -0.25) is 0 Å². The van der Waals surface area contributed by atoms with Gasteiger partial charge in [-0.2, -0.15) is 13.2 Å². The number of halogens is 4. The maximum absolute atomic E-state index is 13.6. The molecule has 0 aliphatic carbocycles. The van der Waals surface area contributed by atoms with E-state index in [9.17, 15) is 18.0 Å². The van der Waals surface area contributed by atoms with E-state index in [0.29, 0.717) is 23.7 Å². The molecule has 3 rings (SSSR count). The van der Waals surface area contributed by atoms with Crippen LogP contribution in [0, 0.1) is 0 Å². The topological polar surface area (TPSA) is 41.6 Å². The van der Waals surface area contributed by atoms with Gasteiger partial charge in [-0.1, -0.05) is 48.9 Å². The zero-order valence-electron chi connectivity index (χ0n) is 16.7. The van der Waals surface area contributed by atoms with Crippen LogP contribution in [-0.4, -0.2) is 36.2 Å². The van der Waals surface area contributed by atoms with Gasteiger partial charge < -0.3 is 15.0 Å². The van der Waals surface area contributed by atoms with Gasteiger partial charge in [0.15, 0.2) is 0 Å². The van der Waals surface area contributed by atoms with Crippen molar-refractivity contribution in [3.8, 4) is 0 Å². The Kier molecular flexibility index (Phi) is 6.93. The maximum Gasteiger partial charge on any atom is 0.416 e. The average Bonchev–Trinajstić information content (AvgIpc) is 2.67. The molecule has 1 fully saturated rings. The molecule has 2 amide bonds. The lowest BCUT2D eigenvalue weighted by Crippen LogP contribution is -2.58. The third kappa shape index (κ3) is 5.26. The zero-order chi connectivity index (χ0) is 21.9. The Morgan fingerprint density at radius 2 is 1.83 bits per heavy atom. The van der Waals surface area contributed by atoms with E-state index in [1.165, 1.54) is 12.1 Å². The lowest BCUT2D eigenvalue weighted by Gasteiger charge is -2.41. The minimum Gasteiger partial charge on any atom is -0.362 e. The summed E-state index contributed by atoms with van der Waals surface area (Å²) in [4.78, 5) is 13.8. The fourth-order valence-corrected chi connectivity index (χ4v) is 3.37. The molecule has 2 unspecified atom stereocenters. The highest BCUT2D eigenvalue weighted by Crippen LogP contribution is 2.39. The van der Waals surface area contributed by atoms with Gasteiger partial charge in [-0.15, -0.1) is 0 Å². The highest BCUT2D eigenvalue weighted by atomic mass is 35.5. The van der Waals surface area contributed by atoms with Crippen LogP contribution in [0.4, 0.5) is 18.0 Å². The highest BCUT2D eigenvalue weighted by molar-refractivity contribution is 6.30. The molecule has 0 bridgehead atoms. The van der Waals surface area contributed by atoms with Gasteiger partial charge in [0.25, 0.3) is 0 Å². The number of benzene rings is 2. The van der Waals surface area contributed by atoms with Gasteiger partial charge in [0.05, 0.1) is 24.8 Å². The van der Waals surface area contributed by atoms with E-state index in [1.807, 2.05) is 13.8 Å². The largest absolute Gasteiger partial charge is 0.416 e. The number of urea groups is 1. The number of carbonyl (C=O) groups excluding carboxylic acids is 1. The Morgan fingerprint density at radius 1 is 1.20 bits per heavy atom. The van der Waals surface area contributed by atoms with Crippen molar-refractivity contribution in [1.29, 1.82) is 0 Å². The first-order chi connectivity index (χ1) is 14.2. The second-order valence-corrected chi connectivity index (χ2v) is 7.87. The molecule has 1 aliphatic heterocycles. The first-order valence-corrected chi connectivity index (χ1v) is 10.2. The Bertz CT molecular complexity index is 867. The summed E-state index contributed by atoms with van der Waals surface area (Å²) < 4.78 is 46.9. The Morgan fingerprint density at radius 3 is 2.43 bits per heavy atom. The molecule has 1 saturated heterocycles. The zero-order valence-corrected chi connectivity index (χ0v) is 17.5. The summed E-state index contributed by atoms with van der Waals surface area (Å²) in [6.07, 6.45) is -4.99. The van der Waals surface area contributed by atoms with E-state index in [0.717, 1.165) is 12.5 Å². The first kappa shape index (κ1) is 22.4. The smallest absolute Gasteiger partial charge is 0.362 e. The van der Waals surface area contributed by atoms with Crippen molar-refractivity contribution in [2.75, 3.05) is 13.1 Å². The molecule has 0 radical (unpaired) electrons. The van der Waals surface area contributed by atoms with E-state index in [2.05, 4.69) is 5.32 Å². The molecule has 2 aromatic carbocycles. The minimum atomic E-state index is -4.51. The normalized spacial score (nSPS) is 16.7. The number of alkyl halides is 3. The minimum absolute atomic E-state index is 0.0369. The van der Waals surface area contributed by atoms with E-state index in [1.54, 1.807) is 35.2 Å². The second kappa shape index (κ2) is 9.27. The number of ether oxygens (including phenoxy) is 1. The van der Waals surface area contributed by atoms with Gasteiger partial charge in [0, 0.05) is 11.1 Å². The fraction of sp³-hybridized carbons (Fsp3) is 0.409. The SMILES string of the molecule is CCC(C)NC(=O)N1CC(OC(c2ccc(Cl)cc2)c2ccccc2C(F)(F)F)C1. The number of likely N-dealkylation sites (tertiary alicyclic amines) is 1. The lowest BCUT2D eigenvalue weighted by atomic mass is 9.95. The second-order valence-electron chi connectivity index (χ2n) is 7.44. The first-order valence-electron chi connectivity index (χ1n) is 9.81. The molecule has 0 spiro atoms. The number of hydrogen-bond donors (Lipinski definition) is 1. The van der Waals surface area contributed by atoms with E-state index in [4.69, 9.17) is 16.3 Å². The Balaban J connectivity index is 1.80. The van der Waals surface area contributed by atoms with Gasteiger partial charge in [0.1, 0.15) is 6.10 Å². The summed E-state index contributed by atoms with van der Waals surface area (Å²) in [6.45, 7) is 4.53. The molecule has 1 heterocycles. The van der Waals surface area contributed by atoms with Crippen LogP contribution in [0.2, 0.25) is 5.02 Å². The average molecular weight is 441 g/mol.